The molecule has 3 aromatic rings. The van der Waals surface area contributed by atoms with Crippen LogP contribution in [0, 0.1) is 17.0 Å². The molecule has 2 amide bonds. The van der Waals surface area contributed by atoms with Crippen molar-refractivity contribution in [2.45, 2.75) is 13.8 Å². The number of carbonyl (C=O) groups excluding carboxylic acids is 1. The molecule has 0 spiro atoms. The molecule has 32 heavy (non-hydrogen) atoms. The number of amides is 2. The van der Waals surface area contributed by atoms with E-state index < -0.39 is 11.0 Å². The van der Waals surface area contributed by atoms with Gasteiger partial charge in [0.25, 0.3) is 5.69 Å². The molecule has 11 heteroatoms. The van der Waals surface area contributed by atoms with Gasteiger partial charge in [-0.25, -0.2) is 14.8 Å². The number of nitro groups is 1. The first-order chi connectivity index (χ1) is 15.4. The predicted molar refractivity (Wildman–Crippen MR) is 121 cm³/mol. The molecule has 0 radical (unpaired) electrons. The van der Waals surface area contributed by atoms with Crippen molar-refractivity contribution in [3.8, 4) is 11.8 Å². The average molecular weight is 500 g/mol. The number of rotatable bonds is 6. The number of urea groups is 1. The molecule has 0 saturated carbocycles. The summed E-state index contributed by atoms with van der Waals surface area (Å²) < 4.78 is 11.8. The first-order valence-electron chi connectivity index (χ1n) is 9.39. The molecule has 0 unspecified atom stereocenters. The number of carbonyl (C=O) groups is 1. The van der Waals surface area contributed by atoms with Gasteiger partial charge in [0.05, 0.1) is 16.0 Å². The summed E-state index contributed by atoms with van der Waals surface area (Å²) >= 11 is 3.26. The van der Waals surface area contributed by atoms with E-state index in [2.05, 4.69) is 36.2 Å². The lowest BCUT2D eigenvalue weighted by Gasteiger charge is -2.10. The molecule has 0 aliphatic carbocycles. The van der Waals surface area contributed by atoms with E-state index in [1.807, 2.05) is 0 Å². The number of nitrogens with zero attached hydrogens (tertiary/aromatic N) is 4. The average Bonchev–Trinajstić information content (AvgIpc) is 2.76. The molecule has 1 aromatic heterocycles. The minimum atomic E-state index is -0.740. The highest BCUT2D eigenvalue weighted by Gasteiger charge is 2.20. The number of aliphatic imine (C=N–C) groups is 1. The monoisotopic (exact) mass is 499 g/mol. The number of aromatic nitrogens is 2. The van der Waals surface area contributed by atoms with E-state index in [1.165, 1.54) is 18.2 Å². The second-order valence-corrected chi connectivity index (χ2v) is 7.24. The molecular weight excluding hydrogens is 482 g/mol. The Hall–Kier alpha value is -3.86. The summed E-state index contributed by atoms with van der Waals surface area (Å²) in [6.45, 7) is 3.67. The Balaban J connectivity index is 1.78. The number of benzene rings is 2. The maximum absolute atomic E-state index is 12.5. The van der Waals surface area contributed by atoms with Crippen molar-refractivity contribution >= 4 is 39.2 Å². The zero-order valence-corrected chi connectivity index (χ0v) is 18.7. The van der Waals surface area contributed by atoms with Crippen molar-refractivity contribution in [3.05, 3.63) is 80.6 Å². The fraction of sp³-hybridized carbons (Fsp3) is 0.143. The summed E-state index contributed by atoms with van der Waals surface area (Å²) in [5.41, 5.74) is 1.09. The van der Waals surface area contributed by atoms with Crippen LogP contribution in [0.3, 0.4) is 0 Å². The SMILES string of the molecule is CCO/C(=N/C(=O)Nc1ccc(Oc2ncc(Br)cn2)c(C)c1)c1ccccc1[N+](=O)[O-]. The molecule has 1 N–H and O–H groups in total. The Morgan fingerprint density at radius 2 is 1.94 bits per heavy atom. The predicted octanol–water partition coefficient (Wildman–Crippen LogP) is 5.26. The van der Waals surface area contributed by atoms with Gasteiger partial charge in [0, 0.05) is 24.1 Å². The van der Waals surface area contributed by atoms with Gasteiger partial charge in [0.15, 0.2) is 0 Å². The van der Waals surface area contributed by atoms with Gasteiger partial charge in [-0.15, -0.1) is 0 Å². The second kappa shape index (κ2) is 10.4. The van der Waals surface area contributed by atoms with Crippen LogP contribution in [0.25, 0.3) is 0 Å². The highest BCUT2D eigenvalue weighted by molar-refractivity contribution is 9.10. The highest BCUT2D eigenvalue weighted by Crippen LogP contribution is 2.26. The van der Waals surface area contributed by atoms with Crippen molar-refractivity contribution in [2.24, 2.45) is 4.99 Å². The number of nitrogens with one attached hydrogen (secondary N) is 1. The van der Waals surface area contributed by atoms with Crippen LogP contribution in [0.2, 0.25) is 0 Å². The van der Waals surface area contributed by atoms with Gasteiger partial charge in [-0.1, -0.05) is 12.1 Å². The second-order valence-electron chi connectivity index (χ2n) is 6.32. The number of hydrogen-bond acceptors (Lipinski definition) is 7. The number of hydrogen-bond donors (Lipinski definition) is 1. The molecule has 0 saturated heterocycles. The van der Waals surface area contributed by atoms with Gasteiger partial charge in [0.2, 0.25) is 5.90 Å². The Bertz CT molecular complexity index is 1170. The molecule has 0 aliphatic rings. The van der Waals surface area contributed by atoms with Crippen molar-refractivity contribution in [2.75, 3.05) is 11.9 Å². The number of para-hydroxylation sites is 1. The van der Waals surface area contributed by atoms with Crippen LogP contribution < -0.4 is 10.1 Å². The van der Waals surface area contributed by atoms with E-state index in [0.29, 0.717) is 11.4 Å². The lowest BCUT2D eigenvalue weighted by Crippen LogP contribution is -2.15. The number of nitro benzene ring substituents is 1. The molecule has 0 aliphatic heterocycles. The van der Waals surface area contributed by atoms with Gasteiger partial charge in [-0.2, -0.15) is 4.99 Å². The largest absolute Gasteiger partial charge is 0.477 e. The van der Waals surface area contributed by atoms with E-state index in [0.717, 1.165) is 10.0 Å². The molecule has 0 atom stereocenters. The molecule has 10 nitrogen and oxygen atoms in total. The lowest BCUT2D eigenvalue weighted by molar-refractivity contribution is -0.385. The Labute approximate surface area is 191 Å². The molecule has 1 heterocycles. The van der Waals surface area contributed by atoms with Crippen LogP contribution in [-0.4, -0.2) is 33.4 Å². The fourth-order valence-electron chi connectivity index (χ4n) is 2.66. The zero-order valence-electron chi connectivity index (χ0n) is 17.1. The third-order valence-electron chi connectivity index (χ3n) is 4.04. The van der Waals surface area contributed by atoms with Crippen molar-refractivity contribution in [1.29, 1.82) is 0 Å². The van der Waals surface area contributed by atoms with Crippen molar-refractivity contribution < 1.29 is 19.2 Å². The fourth-order valence-corrected chi connectivity index (χ4v) is 2.86. The summed E-state index contributed by atoms with van der Waals surface area (Å²) in [7, 11) is 0. The minimum absolute atomic E-state index is 0.115. The van der Waals surface area contributed by atoms with Crippen LogP contribution >= 0.6 is 15.9 Å². The van der Waals surface area contributed by atoms with Crippen LogP contribution in [-0.2, 0) is 4.74 Å². The normalized spacial score (nSPS) is 11.0. The molecule has 0 fully saturated rings. The number of halogens is 1. The van der Waals surface area contributed by atoms with Gasteiger partial charge in [0.1, 0.15) is 11.3 Å². The van der Waals surface area contributed by atoms with Gasteiger partial charge < -0.3 is 14.8 Å². The standard InChI is InChI=1S/C21H18BrN5O5/c1-3-31-19(16-6-4-5-7-17(16)27(29)30)26-20(28)25-15-8-9-18(13(2)10-15)32-21-23-11-14(22)12-24-21/h4-12H,3H2,1-2H3,(H,25,28)/b26-19+. The maximum atomic E-state index is 12.5. The molecular formula is C21H18BrN5O5. The van der Waals surface area contributed by atoms with E-state index in [-0.39, 0.29) is 29.8 Å². The van der Waals surface area contributed by atoms with Crippen LogP contribution in [0.15, 0.2) is 64.3 Å². The molecule has 3 rings (SSSR count). The maximum Gasteiger partial charge on any atom is 0.348 e. The first-order valence-corrected chi connectivity index (χ1v) is 10.2. The Kier molecular flexibility index (Phi) is 7.45. The molecule has 2 aromatic carbocycles. The van der Waals surface area contributed by atoms with Crippen LogP contribution in [0.1, 0.15) is 18.1 Å². The minimum Gasteiger partial charge on any atom is -0.477 e. The van der Waals surface area contributed by atoms with E-state index in [9.17, 15) is 14.9 Å². The topological polar surface area (TPSA) is 129 Å². The number of anilines is 1. The van der Waals surface area contributed by atoms with E-state index >= 15 is 0 Å². The first kappa shape index (κ1) is 22.8. The summed E-state index contributed by atoms with van der Waals surface area (Å²) in [6.07, 6.45) is 3.13. The van der Waals surface area contributed by atoms with Crippen molar-refractivity contribution in [3.63, 3.8) is 0 Å². The zero-order chi connectivity index (χ0) is 23.1. The van der Waals surface area contributed by atoms with Crippen LogP contribution in [0.5, 0.6) is 11.8 Å². The Morgan fingerprint density at radius 3 is 2.59 bits per heavy atom. The molecule has 164 valence electrons. The van der Waals surface area contributed by atoms with Crippen LogP contribution in [0.4, 0.5) is 16.2 Å². The summed E-state index contributed by atoms with van der Waals surface area (Å²) in [5.74, 6) is 0.380. The van der Waals surface area contributed by atoms with Crippen molar-refractivity contribution in [1.82, 2.24) is 9.97 Å². The van der Waals surface area contributed by atoms with E-state index in [1.54, 1.807) is 50.5 Å². The third-order valence-corrected chi connectivity index (χ3v) is 4.45. The summed E-state index contributed by atoms with van der Waals surface area (Å²) in [5, 5.41) is 13.9. The Morgan fingerprint density at radius 1 is 1.22 bits per heavy atom. The van der Waals surface area contributed by atoms with E-state index in [4.69, 9.17) is 9.47 Å². The third kappa shape index (κ3) is 5.85. The quantitative estimate of drug-likeness (QED) is 0.211. The van der Waals surface area contributed by atoms with Gasteiger partial charge >= 0.3 is 12.0 Å². The summed E-state index contributed by atoms with van der Waals surface area (Å²) in [4.78, 5) is 35.2. The summed E-state index contributed by atoms with van der Waals surface area (Å²) in [6, 6.07) is 10.3. The molecule has 0 bridgehead atoms. The number of ether oxygens (including phenoxy) is 2. The smallest absolute Gasteiger partial charge is 0.348 e. The van der Waals surface area contributed by atoms with Gasteiger partial charge in [-0.3, -0.25) is 10.1 Å². The number of aryl methyl sites for hydroxylation is 1. The van der Waals surface area contributed by atoms with Gasteiger partial charge in [-0.05, 0) is 59.6 Å². The highest BCUT2D eigenvalue weighted by atomic mass is 79.9. The lowest BCUT2D eigenvalue weighted by atomic mass is 10.2.